The minimum absolute atomic E-state index is 0.00870. The topological polar surface area (TPSA) is 83.5 Å². The highest BCUT2D eigenvalue weighted by Crippen LogP contribution is 2.25. The predicted octanol–water partition coefficient (Wildman–Crippen LogP) is 1.79. The summed E-state index contributed by atoms with van der Waals surface area (Å²) in [7, 11) is -3.83. The van der Waals surface area contributed by atoms with Crippen molar-refractivity contribution >= 4 is 38.9 Å². The van der Waals surface area contributed by atoms with Crippen LogP contribution in [0.25, 0.3) is 0 Å². The Morgan fingerprint density at radius 1 is 1.47 bits per heavy atom. The van der Waals surface area contributed by atoms with Crippen molar-refractivity contribution < 1.29 is 18.3 Å². The quantitative estimate of drug-likeness (QED) is 0.868. The van der Waals surface area contributed by atoms with Crippen molar-refractivity contribution in [2.75, 3.05) is 0 Å². The second-order valence-corrected chi connectivity index (χ2v) is 7.40. The lowest BCUT2D eigenvalue weighted by atomic mass is 10.1. The molecule has 0 aliphatic carbocycles. The van der Waals surface area contributed by atoms with Gasteiger partial charge in [0.25, 0.3) is 10.0 Å². The Labute approximate surface area is 108 Å². The molecule has 2 N–H and O–H groups in total. The highest BCUT2D eigenvalue weighted by molar-refractivity contribution is 7.91. The van der Waals surface area contributed by atoms with E-state index >= 15 is 0 Å². The van der Waals surface area contributed by atoms with Crippen LogP contribution < -0.4 is 4.72 Å². The molecule has 0 fully saturated rings. The summed E-state index contributed by atoms with van der Waals surface area (Å²) in [6.45, 7) is 3.26. The zero-order valence-corrected chi connectivity index (χ0v) is 11.6. The molecule has 1 aromatic rings. The highest BCUT2D eigenvalue weighted by atomic mass is 35.5. The first-order valence-electron chi connectivity index (χ1n) is 4.74. The molecule has 0 amide bonds. The normalized spacial score (nSPS) is 13.9. The van der Waals surface area contributed by atoms with E-state index in [1.165, 1.54) is 12.1 Å². The number of thiophene rings is 1. The molecule has 0 saturated heterocycles. The summed E-state index contributed by atoms with van der Waals surface area (Å²) in [5, 5.41) is 8.91. The van der Waals surface area contributed by atoms with Crippen molar-refractivity contribution in [3.8, 4) is 0 Å². The van der Waals surface area contributed by atoms with E-state index in [1.807, 2.05) is 0 Å². The van der Waals surface area contributed by atoms with Gasteiger partial charge in [0.05, 0.1) is 4.34 Å². The monoisotopic (exact) mass is 297 g/mol. The molecule has 0 spiro atoms. The summed E-state index contributed by atoms with van der Waals surface area (Å²) in [5.41, 5.74) is 0. The largest absolute Gasteiger partial charge is 0.480 e. The van der Waals surface area contributed by atoms with Crippen LogP contribution in [0, 0.1) is 5.92 Å². The molecule has 0 aromatic carbocycles. The zero-order chi connectivity index (χ0) is 13.2. The van der Waals surface area contributed by atoms with Crippen LogP contribution in [0.4, 0.5) is 0 Å². The summed E-state index contributed by atoms with van der Waals surface area (Å²) >= 11 is 6.52. The molecule has 1 atom stereocenters. The molecule has 0 unspecified atom stereocenters. The Morgan fingerprint density at radius 3 is 2.41 bits per heavy atom. The van der Waals surface area contributed by atoms with Crippen LogP contribution in [0.5, 0.6) is 0 Å². The van der Waals surface area contributed by atoms with E-state index in [0.717, 1.165) is 11.3 Å². The third-order valence-corrected chi connectivity index (χ3v) is 5.19. The fourth-order valence-electron chi connectivity index (χ4n) is 1.14. The van der Waals surface area contributed by atoms with Gasteiger partial charge in [0.15, 0.2) is 0 Å². The third-order valence-electron chi connectivity index (χ3n) is 2.03. The lowest BCUT2D eigenvalue weighted by Crippen LogP contribution is -2.43. The van der Waals surface area contributed by atoms with Crippen molar-refractivity contribution in [3.05, 3.63) is 16.5 Å². The summed E-state index contributed by atoms with van der Waals surface area (Å²) in [6, 6.07) is 1.64. The van der Waals surface area contributed by atoms with E-state index < -0.39 is 22.0 Å². The number of carbonyl (C=O) groups is 1. The van der Waals surface area contributed by atoms with E-state index in [0.29, 0.717) is 4.34 Å². The molecule has 8 heteroatoms. The summed E-state index contributed by atoms with van der Waals surface area (Å²) in [4.78, 5) is 10.9. The van der Waals surface area contributed by atoms with Crippen LogP contribution in [0.15, 0.2) is 16.3 Å². The Bertz CT molecular complexity index is 509. The van der Waals surface area contributed by atoms with Gasteiger partial charge in [0.2, 0.25) is 0 Å². The van der Waals surface area contributed by atoms with Crippen molar-refractivity contribution in [1.82, 2.24) is 4.72 Å². The second kappa shape index (κ2) is 5.34. The molecule has 0 bridgehead atoms. The van der Waals surface area contributed by atoms with Crippen LogP contribution in [0.2, 0.25) is 4.34 Å². The van der Waals surface area contributed by atoms with Crippen LogP contribution in [-0.4, -0.2) is 25.5 Å². The SMILES string of the molecule is CC(C)[C@H](NS(=O)(=O)c1ccc(Cl)s1)C(=O)O. The van der Waals surface area contributed by atoms with Crippen molar-refractivity contribution in [2.45, 2.75) is 24.1 Å². The number of carboxylic acids is 1. The Hall–Kier alpha value is -0.630. The Balaban J connectivity index is 2.97. The first kappa shape index (κ1) is 14.4. The number of carboxylic acid groups (broad SMARTS) is 1. The lowest BCUT2D eigenvalue weighted by molar-refractivity contribution is -0.140. The van der Waals surface area contributed by atoms with Crippen LogP contribution in [-0.2, 0) is 14.8 Å². The van der Waals surface area contributed by atoms with E-state index in [-0.39, 0.29) is 10.1 Å². The van der Waals surface area contributed by atoms with Gasteiger partial charge in [-0.25, -0.2) is 8.42 Å². The lowest BCUT2D eigenvalue weighted by Gasteiger charge is -2.17. The maximum atomic E-state index is 11.8. The number of hydrogen-bond acceptors (Lipinski definition) is 4. The molecule has 0 aliphatic rings. The average molecular weight is 298 g/mol. The van der Waals surface area contributed by atoms with Gasteiger partial charge in [0.1, 0.15) is 10.3 Å². The van der Waals surface area contributed by atoms with E-state index in [4.69, 9.17) is 16.7 Å². The van der Waals surface area contributed by atoms with E-state index in [1.54, 1.807) is 13.8 Å². The number of nitrogens with one attached hydrogen (secondary N) is 1. The first-order chi connectivity index (χ1) is 7.74. The molecule has 1 rings (SSSR count). The number of halogens is 1. The molecule has 0 radical (unpaired) electrons. The fraction of sp³-hybridized carbons (Fsp3) is 0.444. The summed E-state index contributed by atoms with van der Waals surface area (Å²) in [6.07, 6.45) is 0. The molecular weight excluding hydrogens is 286 g/mol. The smallest absolute Gasteiger partial charge is 0.322 e. The average Bonchev–Trinajstić information content (AvgIpc) is 2.61. The maximum absolute atomic E-state index is 11.8. The fourth-order valence-corrected chi connectivity index (χ4v) is 3.98. The maximum Gasteiger partial charge on any atom is 0.322 e. The van der Waals surface area contributed by atoms with Crippen molar-refractivity contribution in [1.29, 1.82) is 0 Å². The van der Waals surface area contributed by atoms with Crippen molar-refractivity contribution in [2.24, 2.45) is 5.92 Å². The third kappa shape index (κ3) is 3.67. The number of aliphatic carboxylic acids is 1. The Kier molecular flexibility index (Phi) is 4.54. The molecule has 96 valence electrons. The standard InChI is InChI=1S/C9H12ClNO4S2/c1-5(2)8(9(12)13)11-17(14,15)7-4-3-6(10)16-7/h3-5,8,11H,1-2H3,(H,12,13)/t8-/m0/s1. The van der Waals surface area contributed by atoms with E-state index in [9.17, 15) is 13.2 Å². The van der Waals surface area contributed by atoms with Crippen molar-refractivity contribution in [3.63, 3.8) is 0 Å². The van der Waals surface area contributed by atoms with Gasteiger partial charge < -0.3 is 5.11 Å². The van der Waals surface area contributed by atoms with Gasteiger partial charge >= 0.3 is 5.97 Å². The minimum atomic E-state index is -3.83. The van der Waals surface area contributed by atoms with Crippen LogP contribution in [0.3, 0.4) is 0 Å². The number of rotatable bonds is 5. The molecule has 0 aliphatic heterocycles. The number of hydrogen-bond donors (Lipinski definition) is 2. The molecule has 17 heavy (non-hydrogen) atoms. The number of sulfonamides is 1. The summed E-state index contributed by atoms with van der Waals surface area (Å²) in [5.74, 6) is -1.55. The molecule has 5 nitrogen and oxygen atoms in total. The highest BCUT2D eigenvalue weighted by Gasteiger charge is 2.28. The molecular formula is C9H12ClNO4S2. The van der Waals surface area contributed by atoms with Gasteiger partial charge in [-0.05, 0) is 18.1 Å². The zero-order valence-electron chi connectivity index (χ0n) is 9.18. The Morgan fingerprint density at radius 2 is 2.06 bits per heavy atom. The van der Waals surface area contributed by atoms with Gasteiger partial charge in [-0.15, -0.1) is 11.3 Å². The molecule has 0 saturated carbocycles. The minimum Gasteiger partial charge on any atom is -0.480 e. The molecule has 1 aromatic heterocycles. The first-order valence-corrected chi connectivity index (χ1v) is 7.42. The van der Waals surface area contributed by atoms with Gasteiger partial charge in [-0.1, -0.05) is 25.4 Å². The summed E-state index contributed by atoms with van der Waals surface area (Å²) < 4.78 is 26.2. The van der Waals surface area contributed by atoms with Gasteiger partial charge in [-0.3, -0.25) is 4.79 Å². The second-order valence-electron chi connectivity index (χ2n) is 3.74. The van der Waals surface area contributed by atoms with E-state index in [2.05, 4.69) is 4.72 Å². The van der Waals surface area contributed by atoms with Crippen LogP contribution >= 0.6 is 22.9 Å². The van der Waals surface area contributed by atoms with Crippen LogP contribution in [0.1, 0.15) is 13.8 Å². The van der Waals surface area contributed by atoms with Gasteiger partial charge in [0, 0.05) is 0 Å². The predicted molar refractivity (Wildman–Crippen MR) is 65.9 cm³/mol. The van der Waals surface area contributed by atoms with Gasteiger partial charge in [-0.2, -0.15) is 4.72 Å². The molecule has 1 heterocycles.